The SMILES string of the molecule is CC1CN=C(NCc2ccc(COC3CCOCC3)cc2)N1. The average Bonchev–Trinajstić information content (AvgIpc) is 2.98. The van der Waals surface area contributed by atoms with E-state index in [2.05, 4.69) is 46.8 Å². The van der Waals surface area contributed by atoms with Crippen LogP contribution in [0.2, 0.25) is 0 Å². The lowest BCUT2D eigenvalue weighted by atomic mass is 10.1. The molecule has 0 amide bonds. The van der Waals surface area contributed by atoms with E-state index >= 15 is 0 Å². The molecule has 0 radical (unpaired) electrons. The summed E-state index contributed by atoms with van der Waals surface area (Å²) in [6, 6.07) is 9.02. The Balaban J connectivity index is 1.41. The van der Waals surface area contributed by atoms with Crippen LogP contribution in [0.4, 0.5) is 0 Å². The Kier molecular flexibility index (Phi) is 5.29. The third-order valence-corrected chi connectivity index (χ3v) is 4.04. The van der Waals surface area contributed by atoms with Gasteiger partial charge in [-0.15, -0.1) is 0 Å². The number of aliphatic imine (C=N–C) groups is 1. The van der Waals surface area contributed by atoms with Crippen LogP contribution in [0.5, 0.6) is 0 Å². The summed E-state index contributed by atoms with van der Waals surface area (Å²) in [6.07, 6.45) is 2.37. The molecule has 1 aromatic rings. The van der Waals surface area contributed by atoms with Crippen molar-refractivity contribution in [3.8, 4) is 0 Å². The lowest BCUT2D eigenvalue weighted by Crippen LogP contribution is -2.37. The number of guanidine groups is 1. The molecule has 0 saturated carbocycles. The summed E-state index contributed by atoms with van der Waals surface area (Å²) in [4.78, 5) is 4.39. The van der Waals surface area contributed by atoms with Gasteiger partial charge in [-0.3, -0.25) is 4.99 Å². The number of rotatable bonds is 5. The fraction of sp³-hybridized carbons (Fsp3) is 0.588. The first-order chi connectivity index (χ1) is 10.8. The maximum Gasteiger partial charge on any atom is 0.191 e. The molecule has 22 heavy (non-hydrogen) atoms. The van der Waals surface area contributed by atoms with Crippen LogP contribution in [-0.4, -0.2) is 37.9 Å². The fourth-order valence-corrected chi connectivity index (χ4v) is 2.66. The van der Waals surface area contributed by atoms with Crippen LogP contribution in [0.1, 0.15) is 30.9 Å². The van der Waals surface area contributed by atoms with Gasteiger partial charge in [-0.2, -0.15) is 0 Å². The number of hydrogen-bond donors (Lipinski definition) is 2. The van der Waals surface area contributed by atoms with E-state index in [0.717, 1.165) is 45.1 Å². The summed E-state index contributed by atoms with van der Waals surface area (Å²) < 4.78 is 11.3. The van der Waals surface area contributed by atoms with Gasteiger partial charge >= 0.3 is 0 Å². The van der Waals surface area contributed by atoms with Gasteiger partial charge in [-0.1, -0.05) is 24.3 Å². The molecule has 120 valence electrons. The zero-order valence-corrected chi connectivity index (χ0v) is 13.2. The molecule has 2 N–H and O–H groups in total. The molecule has 2 heterocycles. The number of nitrogens with zero attached hydrogens (tertiary/aromatic N) is 1. The molecule has 3 rings (SSSR count). The third kappa shape index (κ3) is 4.45. The first-order valence-electron chi connectivity index (χ1n) is 8.11. The third-order valence-electron chi connectivity index (χ3n) is 4.04. The van der Waals surface area contributed by atoms with Gasteiger partial charge < -0.3 is 20.1 Å². The molecule has 5 heteroatoms. The van der Waals surface area contributed by atoms with Crippen molar-refractivity contribution in [2.45, 2.75) is 45.1 Å². The second-order valence-corrected chi connectivity index (χ2v) is 6.03. The average molecular weight is 303 g/mol. The van der Waals surface area contributed by atoms with Crippen LogP contribution in [0.25, 0.3) is 0 Å². The minimum Gasteiger partial charge on any atom is -0.381 e. The minimum absolute atomic E-state index is 0.350. The van der Waals surface area contributed by atoms with Crippen LogP contribution >= 0.6 is 0 Å². The second-order valence-electron chi connectivity index (χ2n) is 6.03. The smallest absolute Gasteiger partial charge is 0.191 e. The van der Waals surface area contributed by atoms with E-state index in [4.69, 9.17) is 9.47 Å². The topological polar surface area (TPSA) is 54.9 Å². The van der Waals surface area contributed by atoms with Crippen LogP contribution in [0.3, 0.4) is 0 Å². The first-order valence-corrected chi connectivity index (χ1v) is 8.11. The lowest BCUT2D eigenvalue weighted by Gasteiger charge is -2.22. The molecule has 1 atom stereocenters. The van der Waals surface area contributed by atoms with Crippen molar-refractivity contribution in [1.29, 1.82) is 0 Å². The summed E-state index contributed by atoms with van der Waals surface area (Å²) in [7, 11) is 0. The molecular weight excluding hydrogens is 278 g/mol. The lowest BCUT2D eigenvalue weighted by molar-refractivity contribution is -0.0390. The van der Waals surface area contributed by atoms with Gasteiger partial charge in [0.25, 0.3) is 0 Å². The molecule has 1 aromatic carbocycles. The van der Waals surface area contributed by atoms with E-state index in [-0.39, 0.29) is 0 Å². The predicted octanol–water partition coefficient (Wildman–Crippen LogP) is 1.82. The summed E-state index contributed by atoms with van der Waals surface area (Å²) in [5, 5.41) is 6.63. The largest absolute Gasteiger partial charge is 0.381 e. The zero-order valence-electron chi connectivity index (χ0n) is 13.2. The Morgan fingerprint density at radius 2 is 1.95 bits per heavy atom. The molecule has 1 saturated heterocycles. The van der Waals surface area contributed by atoms with Crippen LogP contribution in [0.15, 0.2) is 29.3 Å². The monoisotopic (exact) mass is 303 g/mol. The minimum atomic E-state index is 0.350. The molecule has 2 aliphatic heterocycles. The van der Waals surface area contributed by atoms with Gasteiger partial charge in [0.05, 0.1) is 19.3 Å². The van der Waals surface area contributed by atoms with Gasteiger partial charge in [0.2, 0.25) is 0 Å². The number of hydrogen-bond acceptors (Lipinski definition) is 5. The highest BCUT2D eigenvalue weighted by atomic mass is 16.5. The van der Waals surface area contributed by atoms with Gasteiger partial charge in [0.1, 0.15) is 0 Å². The van der Waals surface area contributed by atoms with Gasteiger partial charge in [0.15, 0.2) is 5.96 Å². The van der Waals surface area contributed by atoms with E-state index in [1.165, 1.54) is 11.1 Å². The Morgan fingerprint density at radius 3 is 2.64 bits per heavy atom. The first kappa shape index (κ1) is 15.3. The summed E-state index contributed by atoms with van der Waals surface area (Å²) >= 11 is 0. The van der Waals surface area contributed by atoms with Crippen molar-refractivity contribution in [3.63, 3.8) is 0 Å². The zero-order chi connectivity index (χ0) is 15.2. The molecule has 1 unspecified atom stereocenters. The molecule has 0 bridgehead atoms. The maximum absolute atomic E-state index is 5.94. The van der Waals surface area contributed by atoms with Gasteiger partial charge in [0, 0.05) is 25.8 Å². The molecule has 5 nitrogen and oxygen atoms in total. The Hall–Kier alpha value is -1.59. The van der Waals surface area contributed by atoms with Crippen LogP contribution in [0, 0.1) is 0 Å². The highest BCUT2D eigenvalue weighted by Gasteiger charge is 2.14. The molecular formula is C17H25N3O2. The summed E-state index contributed by atoms with van der Waals surface area (Å²) in [5.74, 6) is 0.902. The molecule has 1 fully saturated rings. The Labute approximate surface area is 132 Å². The van der Waals surface area contributed by atoms with Crippen molar-refractivity contribution in [2.24, 2.45) is 4.99 Å². The number of nitrogens with one attached hydrogen (secondary N) is 2. The Morgan fingerprint density at radius 1 is 1.23 bits per heavy atom. The van der Waals surface area contributed by atoms with E-state index in [9.17, 15) is 0 Å². The molecule has 0 spiro atoms. The van der Waals surface area contributed by atoms with Crippen molar-refractivity contribution in [1.82, 2.24) is 10.6 Å². The number of ether oxygens (including phenoxy) is 2. The van der Waals surface area contributed by atoms with Crippen LogP contribution in [-0.2, 0) is 22.6 Å². The predicted molar refractivity (Wildman–Crippen MR) is 86.8 cm³/mol. The van der Waals surface area contributed by atoms with Crippen LogP contribution < -0.4 is 10.6 Å². The van der Waals surface area contributed by atoms with E-state index in [0.29, 0.717) is 18.8 Å². The normalized spacial score (nSPS) is 22.2. The van der Waals surface area contributed by atoms with E-state index in [1.807, 2.05) is 0 Å². The standard InChI is InChI=1S/C17H25N3O2/c1-13-10-18-17(20-13)19-11-14-2-4-15(5-3-14)12-22-16-6-8-21-9-7-16/h2-5,13,16H,6-12H2,1H3,(H2,18,19,20). The van der Waals surface area contributed by atoms with E-state index in [1.54, 1.807) is 0 Å². The molecule has 0 aliphatic carbocycles. The molecule has 0 aromatic heterocycles. The summed E-state index contributed by atoms with van der Waals surface area (Å²) in [6.45, 7) is 6.11. The number of benzene rings is 1. The highest BCUT2D eigenvalue weighted by Crippen LogP contribution is 2.14. The maximum atomic E-state index is 5.94. The quantitative estimate of drug-likeness (QED) is 0.871. The van der Waals surface area contributed by atoms with Gasteiger partial charge in [-0.25, -0.2) is 0 Å². The van der Waals surface area contributed by atoms with Crippen molar-refractivity contribution < 1.29 is 9.47 Å². The fourth-order valence-electron chi connectivity index (χ4n) is 2.66. The highest BCUT2D eigenvalue weighted by molar-refractivity contribution is 5.81. The Bertz CT molecular complexity index is 495. The van der Waals surface area contributed by atoms with E-state index < -0.39 is 0 Å². The second kappa shape index (κ2) is 7.61. The summed E-state index contributed by atoms with van der Waals surface area (Å²) in [5.41, 5.74) is 2.47. The van der Waals surface area contributed by atoms with Crippen molar-refractivity contribution >= 4 is 5.96 Å². The van der Waals surface area contributed by atoms with Gasteiger partial charge in [-0.05, 0) is 30.9 Å². The molecule has 2 aliphatic rings. The van der Waals surface area contributed by atoms with Crippen molar-refractivity contribution in [3.05, 3.63) is 35.4 Å². The van der Waals surface area contributed by atoms with Crippen molar-refractivity contribution in [2.75, 3.05) is 19.8 Å².